The van der Waals surface area contributed by atoms with Crippen molar-refractivity contribution in [1.29, 1.82) is 0 Å². The normalized spacial score (nSPS) is 14.8. The Morgan fingerprint density at radius 3 is 2.80 bits per heavy atom. The zero-order chi connectivity index (χ0) is 14.1. The third kappa shape index (κ3) is 2.27. The number of hydrogen-bond donors (Lipinski definition) is 1. The second-order valence-corrected chi connectivity index (χ2v) is 4.96. The van der Waals surface area contributed by atoms with E-state index < -0.39 is 17.7 Å². The van der Waals surface area contributed by atoms with Gasteiger partial charge in [-0.1, -0.05) is 30.3 Å². The highest BCUT2D eigenvalue weighted by Gasteiger charge is 2.21. The molecule has 1 aliphatic heterocycles. The van der Waals surface area contributed by atoms with Crippen LogP contribution in [0.15, 0.2) is 36.4 Å². The van der Waals surface area contributed by atoms with E-state index in [0.29, 0.717) is 6.61 Å². The monoisotopic (exact) mass is 275 g/mol. The number of halogens is 2. The fraction of sp³-hybridized carbons (Fsp3) is 0.250. The lowest BCUT2D eigenvalue weighted by atomic mass is 9.96. The van der Waals surface area contributed by atoms with Crippen LogP contribution in [0, 0.1) is 11.6 Å². The van der Waals surface area contributed by atoms with E-state index in [4.69, 9.17) is 10.5 Å². The van der Waals surface area contributed by atoms with Gasteiger partial charge in [-0.15, -0.1) is 0 Å². The van der Waals surface area contributed by atoms with E-state index in [9.17, 15) is 8.78 Å². The summed E-state index contributed by atoms with van der Waals surface area (Å²) in [6.45, 7) is 0.646. The number of benzene rings is 2. The van der Waals surface area contributed by atoms with Crippen molar-refractivity contribution in [2.45, 2.75) is 18.9 Å². The summed E-state index contributed by atoms with van der Waals surface area (Å²) in [4.78, 5) is 0. The van der Waals surface area contributed by atoms with Crippen LogP contribution in [0.25, 0.3) is 0 Å². The number of rotatable bonds is 3. The maximum atomic E-state index is 13.7. The first-order valence-electron chi connectivity index (χ1n) is 6.60. The average molecular weight is 275 g/mol. The van der Waals surface area contributed by atoms with E-state index >= 15 is 0 Å². The quantitative estimate of drug-likeness (QED) is 0.934. The van der Waals surface area contributed by atoms with Crippen molar-refractivity contribution in [3.8, 4) is 5.75 Å². The molecule has 0 radical (unpaired) electrons. The van der Waals surface area contributed by atoms with Crippen LogP contribution in [0.3, 0.4) is 0 Å². The molecule has 0 bridgehead atoms. The predicted molar refractivity (Wildman–Crippen MR) is 72.6 cm³/mol. The number of nitrogens with two attached hydrogens (primary N) is 1. The summed E-state index contributed by atoms with van der Waals surface area (Å²) < 4.78 is 32.5. The molecule has 0 fully saturated rings. The fourth-order valence-corrected chi connectivity index (χ4v) is 2.59. The largest absolute Gasteiger partial charge is 0.493 e. The third-order valence-corrected chi connectivity index (χ3v) is 3.62. The molecular formula is C16H15F2NO. The minimum absolute atomic E-state index is 0.239. The second kappa shape index (κ2) is 5.21. The summed E-state index contributed by atoms with van der Waals surface area (Å²) in [6.07, 6.45) is 1.10. The van der Waals surface area contributed by atoms with Crippen LogP contribution in [0.5, 0.6) is 5.75 Å². The van der Waals surface area contributed by atoms with Gasteiger partial charge in [-0.3, -0.25) is 0 Å². The molecule has 2 aromatic rings. The first kappa shape index (κ1) is 13.1. The number of hydrogen-bond acceptors (Lipinski definition) is 2. The molecule has 2 N–H and O–H groups in total. The van der Waals surface area contributed by atoms with Crippen LogP contribution in [-0.2, 0) is 12.8 Å². The Labute approximate surface area is 116 Å². The Hall–Kier alpha value is -1.94. The van der Waals surface area contributed by atoms with Crippen LogP contribution < -0.4 is 10.5 Å². The molecule has 2 nitrogen and oxygen atoms in total. The molecule has 0 saturated carbocycles. The van der Waals surface area contributed by atoms with Gasteiger partial charge in [0.15, 0.2) is 11.6 Å². The van der Waals surface area contributed by atoms with E-state index in [2.05, 4.69) is 0 Å². The number of para-hydroxylation sites is 1. The lowest BCUT2D eigenvalue weighted by molar-refractivity contribution is 0.351. The maximum absolute atomic E-state index is 13.7. The molecule has 1 unspecified atom stereocenters. The molecular weight excluding hydrogens is 260 g/mol. The average Bonchev–Trinajstić information content (AvgIpc) is 2.92. The van der Waals surface area contributed by atoms with Crippen molar-refractivity contribution < 1.29 is 13.5 Å². The number of ether oxygens (including phenoxy) is 1. The molecule has 0 aromatic heterocycles. The highest BCUT2D eigenvalue weighted by Crippen LogP contribution is 2.34. The van der Waals surface area contributed by atoms with Crippen LogP contribution in [0.4, 0.5) is 8.78 Å². The first-order valence-corrected chi connectivity index (χ1v) is 6.60. The molecule has 0 spiro atoms. The maximum Gasteiger partial charge on any atom is 0.162 e. The third-order valence-electron chi connectivity index (χ3n) is 3.62. The summed E-state index contributed by atoms with van der Waals surface area (Å²) in [5, 5.41) is 0. The van der Waals surface area contributed by atoms with E-state index in [-0.39, 0.29) is 12.0 Å². The lowest BCUT2D eigenvalue weighted by Gasteiger charge is -2.16. The SMILES string of the molecule is NC(Cc1cccc(F)c1F)c1cccc2c1OCC2. The molecule has 1 atom stereocenters. The van der Waals surface area contributed by atoms with Gasteiger partial charge < -0.3 is 10.5 Å². The van der Waals surface area contributed by atoms with Crippen molar-refractivity contribution in [2.75, 3.05) is 6.61 Å². The van der Waals surface area contributed by atoms with E-state index in [0.717, 1.165) is 29.4 Å². The van der Waals surface area contributed by atoms with Gasteiger partial charge in [0, 0.05) is 18.0 Å². The van der Waals surface area contributed by atoms with Crippen molar-refractivity contribution in [3.05, 3.63) is 64.7 Å². The van der Waals surface area contributed by atoms with Crippen molar-refractivity contribution in [2.24, 2.45) is 5.73 Å². The second-order valence-electron chi connectivity index (χ2n) is 4.96. The molecule has 3 rings (SSSR count). The predicted octanol–water partition coefficient (Wildman–Crippen LogP) is 3.14. The van der Waals surface area contributed by atoms with E-state index in [1.54, 1.807) is 6.07 Å². The Bertz CT molecular complexity index is 642. The van der Waals surface area contributed by atoms with E-state index in [1.807, 2.05) is 18.2 Å². The van der Waals surface area contributed by atoms with Gasteiger partial charge in [-0.25, -0.2) is 8.78 Å². The molecule has 4 heteroatoms. The zero-order valence-electron chi connectivity index (χ0n) is 10.9. The van der Waals surface area contributed by atoms with Crippen LogP contribution in [-0.4, -0.2) is 6.61 Å². The molecule has 20 heavy (non-hydrogen) atoms. The van der Waals surface area contributed by atoms with Crippen LogP contribution in [0.1, 0.15) is 22.7 Å². The minimum Gasteiger partial charge on any atom is -0.493 e. The Balaban J connectivity index is 1.89. The van der Waals surface area contributed by atoms with Gasteiger partial charge >= 0.3 is 0 Å². The van der Waals surface area contributed by atoms with Gasteiger partial charge in [0.25, 0.3) is 0 Å². The highest BCUT2D eigenvalue weighted by atomic mass is 19.2. The molecule has 104 valence electrons. The summed E-state index contributed by atoms with van der Waals surface area (Å²) in [5.74, 6) is -0.863. The summed E-state index contributed by atoms with van der Waals surface area (Å²) in [5.41, 5.74) is 8.41. The molecule has 0 saturated heterocycles. The molecule has 0 aliphatic carbocycles. The summed E-state index contributed by atoms with van der Waals surface area (Å²) in [7, 11) is 0. The van der Waals surface area contributed by atoms with Crippen LogP contribution in [0.2, 0.25) is 0 Å². The lowest BCUT2D eigenvalue weighted by Crippen LogP contribution is -2.15. The first-order chi connectivity index (χ1) is 9.66. The van der Waals surface area contributed by atoms with Gasteiger partial charge in [0.05, 0.1) is 6.61 Å². The van der Waals surface area contributed by atoms with Gasteiger partial charge in [-0.2, -0.15) is 0 Å². The van der Waals surface area contributed by atoms with E-state index in [1.165, 1.54) is 6.07 Å². The number of fused-ring (bicyclic) bond motifs is 1. The van der Waals surface area contributed by atoms with Crippen LogP contribution >= 0.6 is 0 Å². The van der Waals surface area contributed by atoms with Crippen molar-refractivity contribution in [3.63, 3.8) is 0 Å². The van der Waals surface area contributed by atoms with Gasteiger partial charge in [-0.05, 0) is 23.6 Å². The molecule has 0 amide bonds. The minimum atomic E-state index is -0.843. The van der Waals surface area contributed by atoms with Gasteiger partial charge in [0.1, 0.15) is 5.75 Å². The van der Waals surface area contributed by atoms with Gasteiger partial charge in [0.2, 0.25) is 0 Å². The molecule has 1 aliphatic rings. The topological polar surface area (TPSA) is 35.2 Å². The Morgan fingerprint density at radius 2 is 1.95 bits per heavy atom. The summed E-state index contributed by atoms with van der Waals surface area (Å²) in [6, 6.07) is 9.54. The van der Waals surface area contributed by atoms with Crippen molar-refractivity contribution >= 4 is 0 Å². The van der Waals surface area contributed by atoms with Crippen molar-refractivity contribution in [1.82, 2.24) is 0 Å². The fourth-order valence-electron chi connectivity index (χ4n) is 2.59. The zero-order valence-corrected chi connectivity index (χ0v) is 10.9. The Kier molecular flexibility index (Phi) is 3.40. The standard InChI is InChI=1S/C16H15F2NO/c17-13-6-2-4-11(15(13)18)9-14(19)12-5-1-3-10-7-8-20-16(10)12/h1-6,14H,7-9,19H2. The molecule has 2 aromatic carbocycles. The Morgan fingerprint density at radius 1 is 1.15 bits per heavy atom. The summed E-state index contributed by atoms with van der Waals surface area (Å²) >= 11 is 0. The highest BCUT2D eigenvalue weighted by molar-refractivity contribution is 5.46. The smallest absolute Gasteiger partial charge is 0.162 e. The molecule has 1 heterocycles.